The first kappa shape index (κ1) is 88.0. The van der Waals surface area contributed by atoms with Gasteiger partial charge in [0.1, 0.15) is 0 Å². The molecule has 0 aromatic carbocycles. The molecule has 16 bridgehead atoms. The van der Waals surface area contributed by atoms with Crippen LogP contribution in [0.3, 0.4) is 0 Å². The molecule has 0 heterocycles. The van der Waals surface area contributed by atoms with E-state index in [2.05, 4.69) is 173 Å². The summed E-state index contributed by atoms with van der Waals surface area (Å²) in [6, 6.07) is 0. The average molecular weight is 1440 g/mol. The van der Waals surface area contributed by atoms with E-state index < -0.39 is 0 Å². The normalized spacial score (nSPS) is 40.9. The molecular weight excluding hydrogens is 1250 g/mol. The molecule has 0 amide bonds. The SMILES string of the molecule is CC(C)(C)C12CC3CC(CC(C3)C1)C2.CC(C)(C)C1C2CCCC1CCC2.CC(C)(C)C1CC2CCC1C2.CC(C)(C)C1CC2CCC1CC2.CC(C)(C)C1CCC2CCC1C2.CC(C)(C)C1CCC2CCC1CC2.CC(C)(C)C1CCC2CCCC1CC2.CCC1CCCCCCC(C(C)(C)C)C1. The highest BCUT2D eigenvalue weighted by Crippen LogP contribution is 2.66. The van der Waals surface area contributed by atoms with Crippen LogP contribution >= 0.6 is 0 Å². The molecule has 104 heavy (non-hydrogen) atoms. The first-order chi connectivity index (χ1) is 48.5. The third kappa shape index (κ3) is 24.8. The second-order valence-electron chi connectivity index (χ2n) is 50.9. The van der Waals surface area contributed by atoms with Gasteiger partial charge in [-0.25, -0.2) is 0 Å². The molecular formula is C104H192. The van der Waals surface area contributed by atoms with Crippen LogP contribution in [-0.2, 0) is 0 Å². The number of hydrogen-bond acceptors (Lipinski definition) is 0. The Morgan fingerprint density at radius 2 is 0.529 bits per heavy atom. The van der Waals surface area contributed by atoms with Crippen molar-refractivity contribution in [3.8, 4) is 0 Å². The summed E-state index contributed by atoms with van der Waals surface area (Å²) in [6.45, 7) is 61.0. The standard InChI is InChI=1S/C15H30.C14H24.C14H26.2C13H24.2C12H22.C11H20/c1-5-13-10-8-6-7-9-11-14(12-13)15(2,3)4;1-13(2,3)14-7-10-4-11(8-14)6-12(5-10)9-14;1-14(2,3)13-10-8-11-5-4-6-12(13)9-7-11;1-13(2,3)12-9-6-10-4-7-11(12)8-5-10;1-13(2,3)12-10-6-4-7-11(12)9-5-8-10;1-12(2,3)11-7-5-9-4-6-10(11)8-9;1-12(2,3)11-8-9-4-6-10(11)7-5-9;1-11(2,3)10-7-8-4-5-9(10)6-8/h13-14H,5-12H2,1-4H3;10-12H,4-9H2,1-3H3;11-13H,4-10H2,1-3H3;2*10-12H,4-9H2,1-3H3;2*9-11H,4-8H2,1-3H3;8-10H,4-7H2,1-3H3. The summed E-state index contributed by atoms with van der Waals surface area (Å²) in [5, 5.41) is 0. The van der Waals surface area contributed by atoms with E-state index >= 15 is 0 Å². The molecule has 0 N–H and O–H groups in total. The van der Waals surface area contributed by atoms with Gasteiger partial charge in [0.15, 0.2) is 0 Å². The van der Waals surface area contributed by atoms with Crippen LogP contribution in [0.5, 0.6) is 0 Å². The Morgan fingerprint density at radius 1 is 0.212 bits per heavy atom. The third-order valence-electron chi connectivity index (χ3n) is 35.6. The fraction of sp³-hybridized carbons (Fsp3) is 1.00. The van der Waals surface area contributed by atoms with E-state index in [0.717, 1.165) is 142 Å². The predicted octanol–water partition coefficient (Wildman–Crippen LogP) is 34.0. The van der Waals surface area contributed by atoms with Gasteiger partial charge >= 0.3 is 0 Å². The number of hydrogen-bond donors (Lipinski definition) is 0. The first-order valence-corrected chi connectivity index (χ1v) is 48.5. The van der Waals surface area contributed by atoms with E-state index in [1.165, 1.54) is 250 Å². The summed E-state index contributed by atoms with van der Waals surface area (Å²) >= 11 is 0. The highest BCUT2D eigenvalue weighted by molar-refractivity contribution is 5.06. The first-order valence-electron chi connectivity index (χ1n) is 48.5. The third-order valence-corrected chi connectivity index (χ3v) is 35.6. The fourth-order valence-electron chi connectivity index (χ4n) is 29.9. The minimum absolute atomic E-state index is 0.526. The molecule has 19 fully saturated rings. The molecule has 608 valence electrons. The van der Waals surface area contributed by atoms with Crippen molar-refractivity contribution < 1.29 is 0 Å². The van der Waals surface area contributed by atoms with Crippen molar-refractivity contribution >= 4 is 0 Å². The molecule has 0 saturated heterocycles. The second kappa shape index (κ2) is 37.1. The predicted molar refractivity (Wildman–Crippen MR) is 461 cm³/mol. The van der Waals surface area contributed by atoms with Gasteiger partial charge in [-0.05, 0) is 326 Å². The molecule has 0 aliphatic heterocycles. The van der Waals surface area contributed by atoms with Crippen LogP contribution in [0.25, 0.3) is 0 Å². The Bertz CT molecular complexity index is 2350. The minimum atomic E-state index is 0.526. The summed E-state index contributed by atoms with van der Waals surface area (Å²) in [7, 11) is 0. The van der Waals surface area contributed by atoms with E-state index in [9.17, 15) is 0 Å². The van der Waals surface area contributed by atoms with Crippen LogP contribution in [0.15, 0.2) is 0 Å². The molecule has 0 aromatic rings. The Morgan fingerprint density at radius 3 is 0.904 bits per heavy atom. The summed E-state index contributed by atoms with van der Waals surface area (Å²) in [6.07, 6.45) is 71.7. The van der Waals surface area contributed by atoms with Gasteiger partial charge in [0.05, 0.1) is 0 Å². The van der Waals surface area contributed by atoms with Gasteiger partial charge in [0.25, 0.3) is 0 Å². The summed E-state index contributed by atoms with van der Waals surface area (Å²) < 4.78 is 0. The molecule has 0 spiro atoms. The highest BCUT2D eigenvalue weighted by atomic mass is 14.6. The van der Waals surface area contributed by atoms with Gasteiger partial charge in [-0.3, -0.25) is 0 Å². The van der Waals surface area contributed by atoms with Crippen LogP contribution in [0.1, 0.15) is 475 Å². The largest absolute Gasteiger partial charge is 0.0651 e. The van der Waals surface area contributed by atoms with Crippen LogP contribution in [0.2, 0.25) is 0 Å². The van der Waals surface area contributed by atoms with E-state index in [-0.39, 0.29) is 0 Å². The maximum absolute atomic E-state index is 2.49. The van der Waals surface area contributed by atoms with E-state index in [1.54, 1.807) is 51.4 Å². The van der Waals surface area contributed by atoms with Crippen molar-refractivity contribution in [1.29, 1.82) is 0 Å². The molecule has 19 rings (SSSR count). The summed E-state index contributed by atoms with van der Waals surface area (Å²) in [5.74, 6) is 24.5. The van der Waals surface area contributed by atoms with Crippen molar-refractivity contribution in [3.63, 3.8) is 0 Å². The molecule has 0 radical (unpaired) electrons. The quantitative estimate of drug-likeness (QED) is 0.245. The molecule has 19 aliphatic rings. The van der Waals surface area contributed by atoms with Crippen LogP contribution < -0.4 is 0 Å². The summed E-state index contributed by atoms with van der Waals surface area (Å²) in [5.41, 5.74) is 5.23. The van der Waals surface area contributed by atoms with Crippen molar-refractivity contribution in [2.24, 2.45) is 185 Å². The topological polar surface area (TPSA) is 0 Å². The molecule has 13 unspecified atom stereocenters. The lowest BCUT2D eigenvalue weighted by Crippen LogP contribution is -2.51. The summed E-state index contributed by atoms with van der Waals surface area (Å²) in [4.78, 5) is 0. The molecule has 0 aromatic heterocycles. The van der Waals surface area contributed by atoms with Gasteiger partial charge in [-0.1, -0.05) is 334 Å². The fourth-order valence-corrected chi connectivity index (χ4v) is 29.9. The lowest BCUT2D eigenvalue weighted by molar-refractivity contribution is -0.113. The van der Waals surface area contributed by atoms with Gasteiger partial charge in [0.2, 0.25) is 0 Å². The zero-order valence-electron chi connectivity index (χ0n) is 76.0. The number of fused-ring (bicyclic) bond motifs is 16. The van der Waals surface area contributed by atoms with Crippen molar-refractivity contribution in [3.05, 3.63) is 0 Å². The molecule has 0 heteroatoms. The van der Waals surface area contributed by atoms with Gasteiger partial charge < -0.3 is 0 Å². The molecule has 0 nitrogen and oxygen atoms in total. The Labute approximate surface area is 655 Å². The minimum Gasteiger partial charge on any atom is -0.0651 e. The zero-order chi connectivity index (χ0) is 76.0. The van der Waals surface area contributed by atoms with Gasteiger partial charge in [0, 0.05) is 0 Å². The van der Waals surface area contributed by atoms with E-state index in [4.69, 9.17) is 0 Å². The van der Waals surface area contributed by atoms with Crippen molar-refractivity contribution in [1.82, 2.24) is 0 Å². The molecule has 13 atom stereocenters. The van der Waals surface area contributed by atoms with Crippen molar-refractivity contribution in [2.75, 3.05) is 0 Å². The highest BCUT2D eigenvalue weighted by Gasteiger charge is 2.56. The maximum atomic E-state index is 2.49. The zero-order valence-corrected chi connectivity index (χ0v) is 76.0. The van der Waals surface area contributed by atoms with Crippen LogP contribution in [0.4, 0.5) is 0 Å². The lowest BCUT2D eigenvalue weighted by atomic mass is 9.43. The monoisotopic (exact) mass is 1440 g/mol. The Balaban J connectivity index is 0.000000138. The van der Waals surface area contributed by atoms with Gasteiger partial charge in [-0.15, -0.1) is 0 Å². The van der Waals surface area contributed by atoms with Crippen molar-refractivity contribution in [2.45, 2.75) is 475 Å². The molecule has 19 aliphatic carbocycles. The van der Waals surface area contributed by atoms with Gasteiger partial charge in [-0.2, -0.15) is 0 Å². The number of rotatable bonds is 1. The molecule has 19 saturated carbocycles. The maximum Gasteiger partial charge on any atom is -0.0241 e. The van der Waals surface area contributed by atoms with E-state index in [1.807, 2.05) is 0 Å². The van der Waals surface area contributed by atoms with E-state index in [0.29, 0.717) is 43.3 Å². The smallest absolute Gasteiger partial charge is 0.0241 e. The average Bonchev–Trinajstić information content (AvgIpc) is 1.22. The second-order valence-corrected chi connectivity index (χ2v) is 50.9. The Hall–Kier alpha value is 0. The Kier molecular flexibility index (Phi) is 31.4. The lowest BCUT2D eigenvalue weighted by Gasteiger charge is -2.62. The van der Waals surface area contributed by atoms with Crippen LogP contribution in [0, 0.1) is 185 Å². The van der Waals surface area contributed by atoms with Crippen LogP contribution in [-0.4, -0.2) is 0 Å².